The van der Waals surface area contributed by atoms with Gasteiger partial charge in [-0.25, -0.2) is 0 Å². The van der Waals surface area contributed by atoms with Gasteiger partial charge in [-0.3, -0.25) is 5.84 Å². The second kappa shape index (κ2) is 4.94. The van der Waals surface area contributed by atoms with E-state index in [2.05, 4.69) is 5.43 Å². The lowest BCUT2D eigenvalue weighted by Gasteiger charge is -2.12. The predicted molar refractivity (Wildman–Crippen MR) is 55.0 cm³/mol. The zero-order chi connectivity index (χ0) is 9.68. The van der Waals surface area contributed by atoms with Crippen LogP contribution >= 0.6 is 11.6 Å². The standard InChI is InChI=1S/C9H13ClN2O/c1-2-13-8-5-3-4-7(6-10)9(8)12-11/h3-5,12H,2,6,11H2,1H3. The number of alkyl halides is 1. The Hall–Kier alpha value is -0.930. The van der Waals surface area contributed by atoms with E-state index < -0.39 is 0 Å². The van der Waals surface area contributed by atoms with Gasteiger partial charge in [0.05, 0.1) is 12.3 Å². The van der Waals surface area contributed by atoms with E-state index in [0.29, 0.717) is 12.5 Å². The van der Waals surface area contributed by atoms with E-state index in [0.717, 1.165) is 17.0 Å². The number of halogens is 1. The van der Waals surface area contributed by atoms with E-state index in [4.69, 9.17) is 22.2 Å². The molecule has 0 aromatic heterocycles. The molecule has 72 valence electrons. The molecule has 0 spiro atoms. The molecule has 3 nitrogen and oxygen atoms in total. The van der Waals surface area contributed by atoms with Crippen molar-refractivity contribution >= 4 is 17.3 Å². The highest BCUT2D eigenvalue weighted by atomic mass is 35.5. The van der Waals surface area contributed by atoms with Crippen LogP contribution in [0.15, 0.2) is 18.2 Å². The van der Waals surface area contributed by atoms with Gasteiger partial charge in [0.2, 0.25) is 0 Å². The fourth-order valence-electron chi connectivity index (χ4n) is 1.13. The lowest BCUT2D eigenvalue weighted by Crippen LogP contribution is -2.10. The third kappa shape index (κ3) is 2.26. The molecule has 0 aliphatic rings. The van der Waals surface area contributed by atoms with Crippen LogP contribution in [0.3, 0.4) is 0 Å². The monoisotopic (exact) mass is 200 g/mol. The molecular formula is C9H13ClN2O. The molecule has 0 fully saturated rings. The molecule has 0 saturated carbocycles. The first-order valence-electron chi connectivity index (χ1n) is 4.10. The van der Waals surface area contributed by atoms with Crippen LogP contribution in [0.1, 0.15) is 12.5 Å². The molecule has 0 radical (unpaired) electrons. The SMILES string of the molecule is CCOc1cccc(CCl)c1NN. The number of nitrogens with one attached hydrogen (secondary N) is 1. The predicted octanol–water partition coefficient (Wildman–Crippen LogP) is 2.11. The van der Waals surface area contributed by atoms with E-state index in [1.54, 1.807) is 0 Å². The molecule has 3 N–H and O–H groups in total. The van der Waals surface area contributed by atoms with Crippen LogP contribution in [-0.2, 0) is 5.88 Å². The summed E-state index contributed by atoms with van der Waals surface area (Å²) in [6.45, 7) is 2.54. The van der Waals surface area contributed by atoms with Crippen molar-refractivity contribution in [1.82, 2.24) is 0 Å². The van der Waals surface area contributed by atoms with Gasteiger partial charge in [0.15, 0.2) is 0 Å². The van der Waals surface area contributed by atoms with Crippen molar-refractivity contribution in [3.63, 3.8) is 0 Å². The molecule has 0 unspecified atom stereocenters. The highest BCUT2D eigenvalue weighted by molar-refractivity contribution is 6.17. The number of benzene rings is 1. The molecule has 0 bridgehead atoms. The maximum absolute atomic E-state index is 5.73. The summed E-state index contributed by atoms with van der Waals surface area (Å²) in [6, 6.07) is 5.66. The molecule has 1 aromatic carbocycles. The Morgan fingerprint density at radius 1 is 1.54 bits per heavy atom. The van der Waals surface area contributed by atoms with Crippen molar-refractivity contribution in [2.75, 3.05) is 12.0 Å². The quantitative estimate of drug-likeness (QED) is 0.445. The highest BCUT2D eigenvalue weighted by Gasteiger charge is 2.06. The minimum absolute atomic E-state index is 0.417. The van der Waals surface area contributed by atoms with Crippen molar-refractivity contribution in [2.24, 2.45) is 5.84 Å². The third-order valence-corrected chi connectivity index (χ3v) is 1.99. The summed E-state index contributed by atoms with van der Waals surface area (Å²) in [5, 5.41) is 0. The summed E-state index contributed by atoms with van der Waals surface area (Å²) in [7, 11) is 0. The molecular weight excluding hydrogens is 188 g/mol. The van der Waals surface area contributed by atoms with E-state index >= 15 is 0 Å². The zero-order valence-corrected chi connectivity index (χ0v) is 8.27. The van der Waals surface area contributed by atoms with Crippen LogP contribution in [0.2, 0.25) is 0 Å². The van der Waals surface area contributed by atoms with Crippen molar-refractivity contribution in [3.8, 4) is 5.75 Å². The van der Waals surface area contributed by atoms with Gasteiger partial charge in [-0.15, -0.1) is 11.6 Å². The van der Waals surface area contributed by atoms with Crippen LogP contribution < -0.4 is 16.0 Å². The summed E-state index contributed by atoms with van der Waals surface area (Å²) in [4.78, 5) is 0. The molecule has 0 aliphatic heterocycles. The Morgan fingerprint density at radius 3 is 2.85 bits per heavy atom. The molecule has 1 rings (SSSR count). The van der Waals surface area contributed by atoms with E-state index in [1.165, 1.54) is 0 Å². The Balaban J connectivity index is 3.03. The molecule has 0 atom stereocenters. The fraction of sp³-hybridized carbons (Fsp3) is 0.333. The smallest absolute Gasteiger partial charge is 0.144 e. The molecule has 0 heterocycles. The van der Waals surface area contributed by atoms with Gasteiger partial charge >= 0.3 is 0 Å². The Bertz CT molecular complexity index is 278. The first-order valence-corrected chi connectivity index (χ1v) is 4.64. The number of hydrogen-bond acceptors (Lipinski definition) is 3. The van der Waals surface area contributed by atoms with Gasteiger partial charge in [0, 0.05) is 5.88 Å². The van der Waals surface area contributed by atoms with Crippen LogP contribution in [-0.4, -0.2) is 6.61 Å². The van der Waals surface area contributed by atoms with Crippen molar-refractivity contribution in [2.45, 2.75) is 12.8 Å². The highest BCUT2D eigenvalue weighted by Crippen LogP contribution is 2.28. The number of rotatable bonds is 4. The first kappa shape index (κ1) is 10.2. The number of nitrogens with two attached hydrogens (primary N) is 1. The molecule has 0 saturated heterocycles. The van der Waals surface area contributed by atoms with E-state index in [1.807, 2.05) is 25.1 Å². The van der Waals surface area contributed by atoms with Crippen molar-refractivity contribution in [1.29, 1.82) is 0 Å². The lowest BCUT2D eigenvalue weighted by molar-refractivity contribution is 0.341. The number of para-hydroxylation sites is 1. The molecule has 0 aliphatic carbocycles. The average Bonchev–Trinajstić information content (AvgIpc) is 2.18. The molecule has 0 amide bonds. The molecule has 1 aromatic rings. The van der Waals surface area contributed by atoms with Gasteiger partial charge < -0.3 is 10.2 Å². The summed E-state index contributed by atoms with van der Waals surface area (Å²) in [5.41, 5.74) is 4.29. The van der Waals surface area contributed by atoms with Crippen molar-refractivity contribution in [3.05, 3.63) is 23.8 Å². The second-order valence-electron chi connectivity index (χ2n) is 2.50. The number of hydrazine groups is 1. The fourth-order valence-corrected chi connectivity index (χ4v) is 1.35. The lowest BCUT2D eigenvalue weighted by atomic mass is 10.2. The van der Waals surface area contributed by atoms with Gasteiger partial charge in [0.1, 0.15) is 5.75 Å². The Labute approximate surface area is 82.8 Å². The van der Waals surface area contributed by atoms with Crippen LogP contribution in [0, 0.1) is 0 Å². The topological polar surface area (TPSA) is 47.3 Å². The van der Waals surface area contributed by atoms with E-state index in [-0.39, 0.29) is 0 Å². The average molecular weight is 201 g/mol. The normalized spacial score (nSPS) is 9.77. The van der Waals surface area contributed by atoms with Gasteiger partial charge in [0.25, 0.3) is 0 Å². The first-order chi connectivity index (χ1) is 6.33. The zero-order valence-electron chi connectivity index (χ0n) is 7.51. The van der Waals surface area contributed by atoms with E-state index in [9.17, 15) is 0 Å². The number of hydrogen-bond donors (Lipinski definition) is 2. The van der Waals surface area contributed by atoms with Gasteiger partial charge in [-0.2, -0.15) is 0 Å². The summed E-state index contributed by atoms with van der Waals surface area (Å²) >= 11 is 5.73. The van der Waals surface area contributed by atoms with Gasteiger partial charge in [-0.1, -0.05) is 12.1 Å². The third-order valence-electron chi connectivity index (χ3n) is 1.70. The van der Waals surface area contributed by atoms with Crippen molar-refractivity contribution < 1.29 is 4.74 Å². The maximum atomic E-state index is 5.73. The number of ether oxygens (including phenoxy) is 1. The van der Waals surface area contributed by atoms with Crippen LogP contribution in [0.4, 0.5) is 5.69 Å². The Kier molecular flexibility index (Phi) is 3.86. The largest absolute Gasteiger partial charge is 0.492 e. The van der Waals surface area contributed by atoms with Crippen LogP contribution in [0.25, 0.3) is 0 Å². The molecule has 13 heavy (non-hydrogen) atoms. The van der Waals surface area contributed by atoms with Crippen LogP contribution in [0.5, 0.6) is 5.75 Å². The minimum Gasteiger partial charge on any atom is -0.492 e. The Morgan fingerprint density at radius 2 is 2.31 bits per heavy atom. The molecule has 4 heteroatoms. The second-order valence-corrected chi connectivity index (χ2v) is 2.77. The maximum Gasteiger partial charge on any atom is 0.144 e. The summed E-state index contributed by atoms with van der Waals surface area (Å²) in [5.74, 6) is 6.52. The number of nitrogen functional groups attached to an aromatic ring is 1. The minimum atomic E-state index is 0.417. The van der Waals surface area contributed by atoms with Gasteiger partial charge in [-0.05, 0) is 18.6 Å². The number of anilines is 1. The summed E-state index contributed by atoms with van der Waals surface area (Å²) in [6.07, 6.45) is 0. The summed E-state index contributed by atoms with van der Waals surface area (Å²) < 4.78 is 5.37.